The molecule has 2 heterocycles. The van der Waals surface area contributed by atoms with Crippen LogP contribution in [-0.4, -0.2) is 19.5 Å². The molecule has 2 aliphatic rings. The summed E-state index contributed by atoms with van der Waals surface area (Å²) < 4.78 is 2.31. The lowest BCUT2D eigenvalue weighted by molar-refractivity contribution is 0.0780. The summed E-state index contributed by atoms with van der Waals surface area (Å²) in [6.07, 6.45) is 6.75. The van der Waals surface area contributed by atoms with Crippen LogP contribution >= 0.6 is 0 Å². The molecule has 8 aromatic rings. The van der Waals surface area contributed by atoms with Crippen molar-refractivity contribution in [1.29, 1.82) is 5.26 Å². The van der Waals surface area contributed by atoms with E-state index in [0.29, 0.717) is 28.5 Å². The average molecular weight is 726 g/mol. The second-order valence-corrected chi connectivity index (χ2v) is 16.5. The van der Waals surface area contributed by atoms with Gasteiger partial charge in [-0.05, 0) is 120 Å². The van der Waals surface area contributed by atoms with Crippen LogP contribution in [0.25, 0.3) is 72.8 Å². The van der Waals surface area contributed by atoms with Gasteiger partial charge in [0.25, 0.3) is 0 Å². The highest BCUT2D eigenvalue weighted by Gasteiger charge is 2.45. The Bertz CT molecular complexity index is 2740. The lowest BCUT2D eigenvalue weighted by Gasteiger charge is -2.50. The SMILES string of the molecule is C[C@@H]1C[C@@H]2C[C@H](C)CC(c3ccc(-c4ccc(-c5nc(-c6ccc(C#N)cc6)nc(-c6ccc7c8ccccc8n(-c8ccccc8)c7c6)n5)cc4)cc3)(C1)C2. The molecule has 1 unspecified atom stereocenters. The van der Waals surface area contributed by atoms with E-state index in [0.717, 1.165) is 51.2 Å². The Balaban J connectivity index is 1.03. The molecule has 2 saturated carbocycles. The predicted octanol–water partition coefficient (Wildman–Crippen LogP) is 12.6. The number of aromatic nitrogens is 4. The highest BCUT2D eigenvalue weighted by atomic mass is 15.0. The quantitative estimate of drug-likeness (QED) is 0.171. The molecular weight excluding hydrogens is 683 g/mol. The zero-order valence-corrected chi connectivity index (χ0v) is 31.9. The Morgan fingerprint density at radius 3 is 1.70 bits per heavy atom. The van der Waals surface area contributed by atoms with Gasteiger partial charge in [-0.15, -0.1) is 0 Å². The van der Waals surface area contributed by atoms with Crippen LogP contribution in [0.2, 0.25) is 0 Å². The van der Waals surface area contributed by atoms with Crippen LogP contribution < -0.4 is 0 Å². The van der Waals surface area contributed by atoms with Gasteiger partial charge in [0.15, 0.2) is 17.5 Å². The van der Waals surface area contributed by atoms with E-state index in [2.05, 4.69) is 140 Å². The maximum atomic E-state index is 9.47. The van der Waals surface area contributed by atoms with E-state index in [9.17, 15) is 5.26 Å². The van der Waals surface area contributed by atoms with Crippen LogP contribution in [0.15, 0.2) is 146 Å². The largest absolute Gasteiger partial charge is 0.309 e. The Hall–Kier alpha value is -6.38. The fourth-order valence-electron chi connectivity index (χ4n) is 10.3. The van der Waals surface area contributed by atoms with Crippen molar-refractivity contribution in [3.63, 3.8) is 0 Å². The van der Waals surface area contributed by atoms with Crippen molar-refractivity contribution in [2.45, 2.75) is 51.4 Å². The minimum Gasteiger partial charge on any atom is -0.309 e. The number of hydrogen-bond donors (Lipinski definition) is 0. The molecule has 4 atom stereocenters. The van der Waals surface area contributed by atoms with Crippen LogP contribution in [0.4, 0.5) is 0 Å². The van der Waals surface area contributed by atoms with Crippen LogP contribution in [-0.2, 0) is 5.41 Å². The normalized spacial score (nSPS) is 20.6. The predicted molar refractivity (Wildman–Crippen MR) is 227 cm³/mol. The Kier molecular flexibility index (Phi) is 8.37. The van der Waals surface area contributed by atoms with Gasteiger partial charge in [0.1, 0.15) is 0 Å². The van der Waals surface area contributed by atoms with Crippen LogP contribution in [0.3, 0.4) is 0 Å². The third-order valence-electron chi connectivity index (χ3n) is 12.5. The van der Waals surface area contributed by atoms with Gasteiger partial charge in [0.2, 0.25) is 0 Å². The summed E-state index contributed by atoms with van der Waals surface area (Å²) in [5.41, 5.74) is 10.8. The molecule has 0 spiro atoms. The summed E-state index contributed by atoms with van der Waals surface area (Å²) in [6, 6.07) is 53.2. The van der Waals surface area contributed by atoms with Crippen molar-refractivity contribution in [1.82, 2.24) is 19.5 Å². The Labute approximate surface area is 328 Å². The lowest BCUT2D eigenvalue weighted by atomic mass is 9.54. The van der Waals surface area contributed by atoms with Gasteiger partial charge in [-0.25, -0.2) is 15.0 Å². The summed E-state index contributed by atoms with van der Waals surface area (Å²) >= 11 is 0. The molecule has 2 bridgehead atoms. The van der Waals surface area contributed by atoms with Crippen molar-refractivity contribution in [3.8, 4) is 57.0 Å². The van der Waals surface area contributed by atoms with Gasteiger partial charge < -0.3 is 4.57 Å². The molecular formula is C51H43N5. The van der Waals surface area contributed by atoms with Crippen molar-refractivity contribution in [2.24, 2.45) is 17.8 Å². The molecule has 2 aromatic heterocycles. The molecule has 2 fully saturated rings. The second kappa shape index (κ2) is 13.7. The maximum absolute atomic E-state index is 9.47. The van der Waals surface area contributed by atoms with Crippen molar-refractivity contribution in [2.75, 3.05) is 0 Å². The molecule has 5 nitrogen and oxygen atoms in total. The van der Waals surface area contributed by atoms with E-state index in [1.165, 1.54) is 59.6 Å². The molecule has 10 rings (SSSR count). The summed E-state index contributed by atoms with van der Waals surface area (Å²) in [7, 11) is 0. The van der Waals surface area contributed by atoms with Crippen LogP contribution in [0.1, 0.15) is 57.1 Å². The molecule has 0 aliphatic heterocycles. The summed E-state index contributed by atoms with van der Waals surface area (Å²) in [6.45, 7) is 4.92. The molecule has 56 heavy (non-hydrogen) atoms. The highest BCUT2D eigenvalue weighted by molar-refractivity contribution is 6.10. The fourth-order valence-corrected chi connectivity index (χ4v) is 10.3. The summed E-state index contributed by atoms with van der Waals surface area (Å²) in [5.74, 6) is 4.22. The van der Waals surface area contributed by atoms with E-state index < -0.39 is 0 Å². The van der Waals surface area contributed by atoms with Crippen molar-refractivity contribution < 1.29 is 0 Å². The van der Waals surface area contributed by atoms with Crippen LogP contribution in [0.5, 0.6) is 0 Å². The number of nitriles is 1. The summed E-state index contributed by atoms with van der Waals surface area (Å²) in [4.78, 5) is 15.2. The van der Waals surface area contributed by atoms with Crippen molar-refractivity contribution >= 4 is 21.8 Å². The van der Waals surface area contributed by atoms with Gasteiger partial charge in [-0.1, -0.05) is 111 Å². The first-order valence-corrected chi connectivity index (χ1v) is 20.0. The zero-order valence-electron chi connectivity index (χ0n) is 31.9. The van der Waals surface area contributed by atoms with Gasteiger partial charge >= 0.3 is 0 Å². The molecule has 5 heteroatoms. The van der Waals surface area contributed by atoms with E-state index in [-0.39, 0.29) is 0 Å². The number of nitrogens with zero attached hydrogens (tertiary/aromatic N) is 5. The number of benzene rings is 6. The molecule has 0 radical (unpaired) electrons. The average Bonchev–Trinajstić information content (AvgIpc) is 3.57. The molecule has 0 amide bonds. The first-order chi connectivity index (χ1) is 27.4. The second-order valence-electron chi connectivity index (χ2n) is 16.5. The third kappa shape index (κ3) is 6.07. The first kappa shape index (κ1) is 34.1. The van der Waals surface area contributed by atoms with Gasteiger partial charge in [-0.3, -0.25) is 0 Å². The molecule has 6 aromatic carbocycles. The number of rotatable bonds is 6. The van der Waals surface area contributed by atoms with Gasteiger partial charge in [-0.2, -0.15) is 5.26 Å². The monoisotopic (exact) mass is 725 g/mol. The lowest BCUT2D eigenvalue weighted by Crippen LogP contribution is -2.42. The van der Waals surface area contributed by atoms with Crippen LogP contribution in [0, 0.1) is 29.1 Å². The van der Waals surface area contributed by atoms with E-state index in [4.69, 9.17) is 15.0 Å². The minimum absolute atomic E-state index is 0.327. The summed E-state index contributed by atoms with van der Waals surface area (Å²) in [5, 5.41) is 11.8. The van der Waals surface area contributed by atoms with E-state index in [1.54, 1.807) is 0 Å². The minimum atomic E-state index is 0.327. The fraction of sp³-hybridized carbons (Fsp3) is 0.216. The highest BCUT2D eigenvalue weighted by Crippen LogP contribution is 2.54. The smallest absolute Gasteiger partial charge is 0.164 e. The molecule has 2 aliphatic carbocycles. The van der Waals surface area contributed by atoms with E-state index in [1.807, 2.05) is 30.3 Å². The number of para-hydroxylation sites is 2. The molecule has 0 saturated heterocycles. The maximum Gasteiger partial charge on any atom is 0.164 e. The third-order valence-corrected chi connectivity index (χ3v) is 12.5. The number of fused-ring (bicyclic) bond motifs is 5. The standard InChI is InChI=1S/C51H43N5/c1-33-26-36-27-34(2)30-51(29-33,31-36)42-23-20-38(21-24-42)37-16-18-40(19-17-37)49-53-48(39-14-12-35(32-52)13-15-39)54-50(55-49)41-22-25-45-44-10-6-7-11-46(44)56(47(45)28-41)43-8-4-3-5-9-43/h3-25,28,33-34,36H,26-27,29-31H2,1-2H3/t33-,34+,36-,51?. The first-order valence-electron chi connectivity index (χ1n) is 20.0. The van der Waals surface area contributed by atoms with E-state index >= 15 is 0 Å². The topological polar surface area (TPSA) is 67.4 Å². The zero-order chi connectivity index (χ0) is 37.8. The molecule has 272 valence electrons. The molecule has 0 N–H and O–H groups in total. The Morgan fingerprint density at radius 2 is 1.05 bits per heavy atom. The Morgan fingerprint density at radius 1 is 0.536 bits per heavy atom. The van der Waals surface area contributed by atoms with Gasteiger partial charge in [0, 0.05) is 33.2 Å². The van der Waals surface area contributed by atoms with Gasteiger partial charge in [0.05, 0.1) is 22.7 Å². The van der Waals surface area contributed by atoms with Crippen molar-refractivity contribution in [3.05, 3.63) is 157 Å². The number of hydrogen-bond acceptors (Lipinski definition) is 4.